The summed E-state index contributed by atoms with van der Waals surface area (Å²) in [5.74, 6) is 6.98. The lowest BCUT2D eigenvalue weighted by Crippen LogP contribution is -2.43. The van der Waals surface area contributed by atoms with Gasteiger partial charge >= 0.3 is 0 Å². The zero-order valence-electron chi connectivity index (χ0n) is 19.0. The molecule has 1 aromatic rings. The molecule has 1 heteroatoms. The van der Waals surface area contributed by atoms with Gasteiger partial charge in [-0.05, 0) is 139 Å². The summed E-state index contributed by atoms with van der Waals surface area (Å²) >= 11 is 0. The van der Waals surface area contributed by atoms with E-state index in [1.807, 2.05) is 16.7 Å². The highest BCUT2D eigenvalue weighted by Crippen LogP contribution is 2.70. The summed E-state index contributed by atoms with van der Waals surface area (Å²) in [6.07, 6.45) is 14.6. The molecule has 0 aromatic heterocycles. The van der Waals surface area contributed by atoms with Crippen molar-refractivity contribution in [1.82, 2.24) is 0 Å². The monoisotopic (exact) mass is 412 g/mol. The van der Waals surface area contributed by atoms with E-state index >= 15 is 0 Å². The molecule has 5 atom stereocenters. The van der Waals surface area contributed by atoms with Crippen molar-refractivity contribution in [2.75, 3.05) is 7.11 Å². The van der Waals surface area contributed by atoms with Gasteiger partial charge in [0, 0.05) is 7.11 Å². The fraction of sp³-hybridized carbons (Fsp3) is 0.667. The molecule has 162 valence electrons. The van der Waals surface area contributed by atoms with Crippen molar-refractivity contribution >= 4 is 5.57 Å². The molecule has 10 rings (SSSR count). The second-order valence-corrected chi connectivity index (χ2v) is 12.5. The first-order valence-electron chi connectivity index (χ1n) is 13.3. The summed E-state index contributed by atoms with van der Waals surface area (Å²) in [5.41, 5.74) is 8.58. The Morgan fingerprint density at radius 1 is 0.645 bits per heavy atom. The molecule has 9 aliphatic carbocycles. The summed E-state index contributed by atoms with van der Waals surface area (Å²) in [4.78, 5) is 0. The molecule has 0 N–H and O–H groups in total. The van der Waals surface area contributed by atoms with Crippen LogP contribution in [0.2, 0.25) is 0 Å². The van der Waals surface area contributed by atoms with Crippen LogP contribution in [0.25, 0.3) is 5.57 Å². The summed E-state index contributed by atoms with van der Waals surface area (Å²) in [7, 11) is 2.08. The van der Waals surface area contributed by atoms with Gasteiger partial charge in [0.05, 0.1) is 0 Å². The van der Waals surface area contributed by atoms with E-state index in [1.54, 1.807) is 5.57 Å². The maximum atomic E-state index is 6.95. The van der Waals surface area contributed by atoms with Crippen LogP contribution in [0.1, 0.15) is 69.8 Å². The third kappa shape index (κ3) is 2.23. The third-order valence-corrected chi connectivity index (χ3v) is 11.1. The third-order valence-electron chi connectivity index (χ3n) is 11.1. The van der Waals surface area contributed by atoms with E-state index in [9.17, 15) is 0 Å². The van der Waals surface area contributed by atoms with Crippen molar-refractivity contribution in [1.29, 1.82) is 0 Å². The van der Waals surface area contributed by atoms with Crippen LogP contribution >= 0.6 is 0 Å². The van der Waals surface area contributed by atoms with Gasteiger partial charge in [0.2, 0.25) is 0 Å². The smallest absolute Gasteiger partial charge is 0.118 e. The predicted molar refractivity (Wildman–Crippen MR) is 124 cm³/mol. The van der Waals surface area contributed by atoms with Crippen molar-refractivity contribution < 1.29 is 4.74 Å². The van der Waals surface area contributed by atoms with E-state index in [1.165, 1.54) is 69.8 Å². The first-order valence-corrected chi connectivity index (χ1v) is 13.3. The minimum Gasteiger partial charge on any atom is -0.369 e. The first kappa shape index (κ1) is 18.1. The summed E-state index contributed by atoms with van der Waals surface area (Å²) < 4.78 is 6.95. The Morgan fingerprint density at radius 2 is 1.19 bits per heavy atom. The largest absolute Gasteiger partial charge is 0.369 e. The molecule has 0 heterocycles. The summed E-state index contributed by atoms with van der Waals surface area (Å²) in [6, 6.07) is 11.6. The van der Waals surface area contributed by atoms with Gasteiger partial charge in [-0.2, -0.15) is 0 Å². The second-order valence-electron chi connectivity index (χ2n) is 12.5. The van der Waals surface area contributed by atoms with Crippen LogP contribution in [-0.4, -0.2) is 12.7 Å². The molecule has 0 aliphatic heterocycles. The molecular weight excluding hydrogens is 376 g/mol. The Hall–Kier alpha value is -1.34. The van der Waals surface area contributed by atoms with Crippen molar-refractivity contribution in [2.45, 2.75) is 69.8 Å². The Labute approximate surface area is 187 Å². The first-order chi connectivity index (χ1) is 15.2. The van der Waals surface area contributed by atoms with E-state index in [0.29, 0.717) is 5.92 Å². The number of hydrogen-bond acceptors (Lipinski definition) is 1. The van der Waals surface area contributed by atoms with Crippen LogP contribution in [0, 0.1) is 47.3 Å². The molecule has 1 aromatic carbocycles. The van der Waals surface area contributed by atoms with Crippen LogP contribution in [0.3, 0.4) is 0 Å². The van der Waals surface area contributed by atoms with Gasteiger partial charge < -0.3 is 4.74 Å². The van der Waals surface area contributed by atoms with E-state index < -0.39 is 0 Å². The molecule has 8 bridgehead atoms. The van der Waals surface area contributed by atoms with Gasteiger partial charge in [-0.15, -0.1) is 0 Å². The summed E-state index contributed by atoms with van der Waals surface area (Å²) in [5, 5.41) is 0. The fourth-order valence-electron chi connectivity index (χ4n) is 10.7. The zero-order valence-corrected chi connectivity index (χ0v) is 19.0. The fourth-order valence-corrected chi connectivity index (χ4v) is 10.7. The Balaban J connectivity index is 1.46. The highest BCUT2D eigenvalue weighted by atomic mass is 16.5. The highest BCUT2D eigenvalue weighted by molar-refractivity contribution is 5.88. The van der Waals surface area contributed by atoms with Crippen molar-refractivity contribution in [3.05, 3.63) is 52.6 Å². The Bertz CT molecular complexity index is 972. The van der Waals surface area contributed by atoms with Crippen molar-refractivity contribution in [2.24, 2.45) is 47.3 Å². The SMILES string of the molecule is CO[C@]12C(c3ccccc3)=C3C(=C1C1CC4CC(C1)CC2C4)C1CC2CC(CC3C2)C1. The standard InChI is InChI=1S/C30H36O/c1-31-30-25-15-19-8-20(16-25)14-24(13-19)29(30)27-23-11-17-7-18(12-23)10-22(9-17)26(27)28(30)21-5-3-2-4-6-21/h2-6,17-20,22-25H,7-16H2,1H3/t17?,18?,19?,20?,22?,23?,24?,25?,30-/m1/s1. The van der Waals surface area contributed by atoms with Crippen LogP contribution < -0.4 is 0 Å². The van der Waals surface area contributed by atoms with E-state index in [2.05, 4.69) is 37.4 Å². The molecule has 0 spiro atoms. The average molecular weight is 413 g/mol. The molecule has 0 amide bonds. The number of methoxy groups -OCH3 is 1. The molecule has 31 heavy (non-hydrogen) atoms. The van der Waals surface area contributed by atoms with Gasteiger partial charge in [-0.25, -0.2) is 0 Å². The van der Waals surface area contributed by atoms with E-state index in [0.717, 1.165) is 41.4 Å². The Morgan fingerprint density at radius 3 is 1.81 bits per heavy atom. The second kappa shape index (κ2) is 6.16. The summed E-state index contributed by atoms with van der Waals surface area (Å²) in [6.45, 7) is 0. The average Bonchev–Trinajstić information content (AvgIpc) is 2.89. The minimum atomic E-state index is -0.115. The molecular formula is C30H36O. The highest BCUT2D eigenvalue weighted by Gasteiger charge is 2.63. The minimum absolute atomic E-state index is 0.115. The van der Waals surface area contributed by atoms with E-state index in [-0.39, 0.29) is 5.60 Å². The number of rotatable bonds is 2. The maximum absolute atomic E-state index is 6.95. The van der Waals surface area contributed by atoms with Gasteiger partial charge in [0.1, 0.15) is 5.60 Å². The van der Waals surface area contributed by atoms with Gasteiger partial charge in [0.15, 0.2) is 0 Å². The molecule has 8 fully saturated rings. The van der Waals surface area contributed by atoms with Crippen LogP contribution in [0.4, 0.5) is 0 Å². The van der Waals surface area contributed by atoms with Gasteiger partial charge in [-0.3, -0.25) is 0 Å². The molecule has 4 unspecified atom stereocenters. The quantitative estimate of drug-likeness (QED) is 0.506. The van der Waals surface area contributed by atoms with Crippen LogP contribution in [0.5, 0.6) is 0 Å². The number of hydrogen-bond donors (Lipinski definition) is 0. The lowest BCUT2D eigenvalue weighted by molar-refractivity contribution is -0.00136. The molecule has 0 radical (unpaired) electrons. The lowest BCUT2D eigenvalue weighted by Gasteiger charge is -2.44. The number of ether oxygens (including phenoxy) is 1. The van der Waals surface area contributed by atoms with Crippen molar-refractivity contribution in [3.63, 3.8) is 0 Å². The predicted octanol–water partition coefficient (Wildman–Crippen LogP) is 7.05. The number of allylic oxidation sites excluding steroid dienone is 2. The lowest BCUT2D eigenvalue weighted by atomic mass is 9.64. The number of benzene rings is 1. The van der Waals surface area contributed by atoms with Crippen LogP contribution in [-0.2, 0) is 4.74 Å². The maximum Gasteiger partial charge on any atom is 0.118 e. The molecule has 1 nitrogen and oxygen atoms in total. The van der Waals surface area contributed by atoms with Gasteiger partial charge in [0.25, 0.3) is 0 Å². The normalized spacial score (nSPS) is 48.8. The molecule has 0 saturated heterocycles. The Kier molecular flexibility index (Phi) is 3.60. The van der Waals surface area contributed by atoms with E-state index in [4.69, 9.17) is 4.74 Å². The van der Waals surface area contributed by atoms with Gasteiger partial charge in [-0.1, -0.05) is 30.3 Å². The molecule has 9 aliphatic rings. The zero-order chi connectivity index (χ0) is 20.3. The molecule has 8 saturated carbocycles. The van der Waals surface area contributed by atoms with Crippen molar-refractivity contribution in [3.8, 4) is 0 Å². The van der Waals surface area contributed by atoms with Crippen LogP contribution in [0.15, 0.2) is 47.1 Å². The topological polar surface area (TPSA) is 9.23 Å².